The zero-order valence-electron chi connectivity index (χ0n) is 11.4. The highest BCUT2D eigenvalue weighted by Crippen LogP contribution is 2.22. The van der Waals surface area contributed by atoms with Crippen LogP contribution in [0.15, 0.2) is 24.3 Å². The second kappa shape index (κ2) is 7.61. The Labute approximate surface area is 116 Å². The van der Waals surface area contributed by atoms with Crippen LogP contribution in [0.2, 0.25) is 0 Å². The molecule has 0 aromatic heterocycles. The average molecular weight is 291 g/mol. The van der Waals surface area contributed by atoms with Crippen molar-refractivity contribution in [1.29, 1.82) is 0 Å². The number of aliphatic hydroxyl groups is 2. The van der Waals surface area contributed by atoms with Gasteiger partial charge in [0.15, 0.2) is 0 Å². The summed E-state index contributed by atoms with van der Waals surface area (Å²) in [6, 6.07) is 7.24. The minimum Gasteiger partial charge on any atom is -0.395 e. The molecule has 0 fully saturated rings. The first kappa shape index (κ1) is 16.9. The fraction of sp³-hybridized carbons (Fsp3) is 0.571. The van der Waals surface area contributed by atoms with Crippen LogP contribution in [0, 0.1) is 6.92 Å². The molecule has 0 heterocycles. The molecule has 114 valence electrons. The van der Waals surface area contributed by atoms with Crippen LogP contribution >= 0.6 is 0 Å². The van der Waals surface area contributed by atoms with E-state index in [4.69, 9.17) is 5.11 Å². The molecule has 1 atom stereocenters. The van der Waals surface area contributed by atoms with Crippen molar-refractivity contribution in [2.45, 2.75) is 25.6 Å². The number of rotatable bonds is 7. The summed E-state index contributed by atoms with van der Waals surface area (Å²) >= 11 is 0. The van der Waals surface area contributed by atoms with E-state index in [0.29, 0.717) is 0 Å². The highest BCUT2D eigenvalue weighted by atomic mass is 19.4. The number of halogens is 3. The topological polar surface area (TPSA) is 43.7 Å². The summed E-state index contributed by atoms with van der Waals surface area (Å²) < 4.78 is 37.1. The Morgan fingerprint density at radius 3 is 2.40 bits per heavy atom. The van der Waals surface area contributed by atoms with E-state index in [1.54, 1.807) is 12.1 Å². The smallest absolute Gasteiger partial charge is 0.395 e. The molecular formula is C14H20F3NO2. The van der Waals surface area contributed by atoms with Crippen LogP contribution in [0.3, 0.4) is 0 Å². The molecule has 1 rings (SSSR count). The fourth-order valence-corrected chi connectivity index (χ4v) is 2.09. The monoisotopic (exact) mass is 291 g/mol. The van der Waals surface area contributed by atoms with E-state index >= 15 is 0 Å². The van der Waals surface area contributed by atoms with Crippen LogP contribution in [0.1, 0.15) is 23.7 Å². The minimum atomic E-state index is -4.30. The Morgan fingerprint density at radius 2 is 1.85 bits per heavy atom. The highest BCUT2D eigenvalue weighted by Gasteiger charge is 2.30. The molecular weight excluding hydrogens is 271 g/mol. The van der Waals surface area contributed by atoms with Gasteiger partial charge in [0, 0.05) is 13.1 Å². The summed E-state index contributed by atoms with van der Waals surface area (Å²) in [5.41, 5.74) is 1.63. The zero-order valence-corrected chi connectivity index (χ0v) is 11.4. The van der Waals surface area contributed by atoms with Crippen LogP contribution in [0.25, 0.3) is 0 Å². The van der Waals surface area contributed by atoms with Crippen LogP contribution in [-0.4, -0.2) is 47.5 Å². The van der Waals surface area contributed by atoms with Gasteiger partial charge in [-0.3, -0.25) is 4.90 Å². The Hall–Kier alpha value is -1.11. The summed E-state index contributed by atoms with van der Waals surface area (Å²) in [6.07, 6.45) is -4.91. The van der Waals surface area contributed by atoms with Gasteiger partial charge in [-0.1, -0.05) is 24.3 Å². The Kier molecular flexibility index (Phi) is 6.45. The van der Waals surface area contributed by atoms with Crippen molar-refractivity contribution in [1.82, 2.24) is 4.90 Å². The van der Waals surface area contributed by atoms with Gasteiger partial charge in [0.1, 0.15) is 0 Å². The molecule has 1 aromatic rings. The van der Waals surface area contributed by atoms with Crippen molar-refractivity contribution in [2.75, 3.05) is 26.2 Å². The van der Waals surface area contributed by atoms with Crippen LogP contribution in [0.4, 0.5) is 13.2 Å². The van der Waals surface area contributed by atoms with Gasteiger partial charge >= 0.3 is 6.18 Å². The second-order valence-corrected chi connectivity index (χ2v) is 4.78. The second-order valence-electron chi connectivity index (χ2n) is 4.78. The van der Waals surface area contributed by atoms with Gasteiger partial charge in [-0.2, -0.15) is 13.2 Å². The van der Waals surface area contributed by atoms with E-state index < -0.39 is 18.8 Å². The Morgan fingerprint density at radius 1 is 1.20 bits per heavy atom. The third-order valence-corrected chi connectivity index (χ3v) is 3.09. The zero-order chi connectivity index (χ0) is 15.2. The maximum Gasteiger partial charge on any atom is 0.401 e. The molecule has 0 saturated carbocycles. The lowest BCUT2D eigenvalue weighted by atomic mass is 10.0. The number of aryl methyl sites for hydroxylation is 1. The normalized spacial score (nSPS) is 13.8. The molecule has 2 N–H and O–H groups in total. The first-order valence-electron chi connectivity index (χ1n) is 6.47. The van der Waals surface area contributed by atoms with E-state index in [-0.39, 0.29) is 26.1 Å². The molecule has 20 heavy (non-hydrogen) atoms. The Bertz CT molecular complexity index is 410. The molecule has 0 bridgehead atoms. The Balaban J connectivity index is 2.56. The van der Waals surface area contributed by atoms with Gasteiger partial charge in [-0.15, -0.1) is 0 Å². The van der Waals surface area contributed by atoms with Crippen LogP contribution in [-0.2, 0) is 0 Å². The average Bonchev–Trinajstić information content (AvgIpc) is 2.34. The maximum atomic E-state index is 12.4. The molecule has 0 aliphatic carbocycles. The number of nitrogens with zero attached hydrogens (tertiary/aromatic N) is 1. The van der Waals surface area contributed by atoms with E-state index in [0.717, 1.165) is 16.0 Å². The van der Waals surface area contributed by atoms with Crippen LogP contribution in [0.5, 0.6) is 0 Å². The third-order valence-electron chi connectivity index (χ3n) is 3.09. The third kappa shape index (κ3) is 5.90. The van der Waals surface area contributed by atoms with Gasteiger partial charge in [-0.05, 0) is 24.5 Å². The van der Waals surface area contributed by atoms with Gasteiger partial charge < -0.3 is 10.2 Å². The maximum absolute atomic E-state index is 12.4. The first-order valence-corrected chi connectivity index (χ1v) is 6.47. The lowest BCUT2D eigenvalue weighted by molar-refractivity contribution is -0.147. The molecule has 0 spiro atoms. The fourth-order valence-electron chi connectivity index (χ4n) is 2.09. The highest BCUT2D eigenvalue weighted by molar-refractivity contribution is 5.27. The van der Waals surface area contributed by atoms with E-state index in [1.807, 2.05) is 19.1 Å². The predicted molar refractivity (Wildman–Crippen MR) is 70.3 cm³/mol. The van der Waals surface area contributed by atoms with Gasteiger partial charge in [-0.25, -0.2) is 0 Å². The molecule has 3 nitrogen and oxygen atoms in total. The molecule has 1 unspecified atom stereocenters. The summed E-state index contributed by atoms with van der Waals surface area (Å²) in [6.45, 7) is 0.458. The predicted octanol–water partition coefficient (Wildman–Crippen LogP) is 2.28. The van der Waals surface area contributed by atoms with Gasteiger partial charge in [0.2, 0.25) is 0 Å². The number of hydrogen-bond acceptors (Lipinski definition) is 3. The number of hydrogen-bond donors (Lipinski definition) is 2. The van der Waals surface area contributed by atoms with Gasteiger partial charge in [0.05, 0.1) is 19.3 Å². The first-order chi connectivity index (χ1) is 9.33. The summed E-state index contributed by atoms with van der Waals surface area (Å²) in [5, 5.41) is 18.8. The van der Waals surface area contributed by atoms with Crippen molar-refractivity contribution in [3.8, 4) is 0 Å². The number of alkyl halides is 3. The summed E-state index contributed by atoms with van der Waals surface area (Å²) in [4.78, 5) is 1.10. The van der Waals surface area contributed by atoms with E-state index in [1.165, 1.54) is 0 Å². The summed E-state index contributed by atoms with van der Waals surface area (Å²) in [7, 11) is 0. The lowest BCUT2D eigenvalue weighted by Crippen LogP contribution is -2.37. The SMILES string of the molecule is Cc1ccccc1C(O)CCN(CCO)CC(F)(F)F. The van der Waals surface area contributed by atoms with Crippen LogP contribution < -0.4 is 0 Å². The van der Waals surface area contributed by atoms with E-state index in [9.17, 15) is 18.3 Å². The number of aliphatic hydroxyl groups excluding tert-OH is 2. The van der Waals surface area contributed by atoms with Crippen molar-refractivity contribution in [3.63, 3.8) is 0 Å². The molecule has 0 aliphatic heterocycles. The quantitative estimate of drug-likeness (QED) is 0.810. The molecule has 0 aliphatic rings. The standard InChI is InChI=1S/C14H20F3NO2/c1-11-4-2-3-5-12(11)13(20)6-7-18(8-9-19)10-14(15,16)17/h2-5,13,19-20H,6-10H2,1H3. The van der Waals surface area contributed by atoms with Crippen molar-refractivity contribution in [2.24, 2.45) is 0 Å². The van der Waals surface area contributed by atoms with Crippen molar-refractivity contribution >= 4 is 0 Å². The summed E-state index contributed by atoms with van der Waals surface area (Å²) in [5.74, 6) is 0. The molecule has 1 aromatic carbocycles. The van der Waals surface area contributed by atoms with E-state index in [2.05, 4.69) is 0 Å². The number of benzene rings is 1. The molecule has 6 heteroatoms. The van der Waals surface area contributed by atoms with Crippen molar-refractivity contribution in [3.05, 3.63) is 35.4 Å². The van der Waals surface area contributed by atoms with Crippen molar-refractivity contribution < 1.29 is 23.4 Å². The molecule has 0 radical (unpaired) electrons. The lowest BCUT2D eigenvalue weighted by Gasteiger charge is -2.24. The minimum absolute atomic E-state index is 0.0556. The van der Waals surface area contributed by atoms with Gasteiger partial charge in [0.25, 0.3) is 0 Å². The molecule has 0 amide bonds. The largest absolute Gasteiger partial charge is 0.401 e. The molecule has 0 saturated heterocycles.